The van der Waals surface area contributed by atoms with E-state index in [1.807, 2.05) is 13.0 Å². The van der Waals surface area contributed by atoms with E-state index in [0.717, 1.165) is 12.1 Å². The van der Waals surface area contributed by atoms with Crippen LogP contribution in [0.3, 0.4) is 0 Å². The number of amides is 1. The maximum absolute atomic E-state index is 12.1. The molecule has 1 fully saturated rings. The number of aryl methyl sites for hydroxylation is 1. The number of benzene rings is 1. The van der Waals surface area contributed by atoms with Gasteiger partial charge in [-0.05, 0) is 37.5 Å². The number of carbonyl (C=O) groups is 1. The van der Waals surface area contributed by atoms with Gasteiger partial charge in [0.1, 0.15) is 6.10 Å². The van der Waals surface area contributed by atoms with Gasteiger partial charge < -0.3 is 15.4 Å². The highest BCUT2D eigenvalue weighted by atomic mass is 35.5. The molecule has 1 saturated heterocycles. The summed E-state index contributed by atoms with van der Waals surface area (Å²) in [5.41, 5.74) is 3.64. The highest BCUT2D eigenvalue weighted by Gasteiger charge is 2.23. The maximum atomic E-state index is 12.1. The molecule has 2 unspecified atom stereocenters. The number of hydrogen-bond donors (Lipinski definition) is 2. The number of ether oxygens (including phenoxy) is 1. The van der Waals surface area contributed by atoms with Crippen LogP contribution in [0.1, 0.15) is 29.7 Å². The van der Waals surface area contributed by atoms with E-state index in [-0.39, 0.29) is 30.5 Å². The van der Waals surface area contributed by atoms with E-state index in [4.69, 9.17) is 4.74 Å². The van der Waals surface area contributed by atoms with Crippen LogP contribution in [-0.2, 0) is 9.53 Å². The molecule has 0 spiro atoms. The molecule has 2 N–H and O–H groups in total. The lowest BCUT2D eigenvalue weighted by Crippen LogP contribution is -2.48. The van der Waals surface area contributed by atoms with Crippen molar-refractivity contribution >= 4 is 18.3 Å². The monoisotopic (exact) mass is 298 g/mol. The molecule has 1 heterocycles. The minimum Gasteiger partial charge on any atom is -0.366 e. The van der Waals surface area contributed by atoms with Crippen LogP contribution in [-0.4, -0.2) is 31.7 Å². The SMILES string of the molecule is Cc1cccc(C(C)NC(=O)C2CNCCO2)c1C.Cl. The van der Waals surface area contributed by atoms with Crippen molar-refractivity contribution in [1.82, 2.24) is 10.6 Å². The molecule has 0 radical (unpaired) electrons. The Morgan fingerprint density at radius 2 is 2.20 bits per heavy atom. The van der Waals surface area contributed by atoms with Gasteiger partial charge in [-0.25, -0.2) is 0 Å². The van der Waals surface area contributed by atoms with Crippen LogP contribution in [0.2, 0.25) is 0 Å². The lowest BCUT2D eigenvalue weighted by Gasteiger charge is -2.25. The average Bonchev–Trinajstić information content (AvgIpc) is 2.42. The maximum Gasteiger partial charge on any atom is 0.250 e. The predicted molar refractivity (Wildman–Crippen MR) is 82.3 cm³/mol. The molecule has 1 aromatic carbocycles. The van der Waals surface area contributed by atoms with Gasteiger partial charge in [0.25, 0.3) is 5.91 Å². The Labute approximate surface area is 126 Å². The fourth-order valence-electron chi connectivity index (χ4n) is 2.36. The molecule has 20 heavy (non-hydrogen) atoms. The number of nitrogens with one attached hydrogen (secondary N) is 2. The van der Waals surface area contributed by atoms with Gasteiger partial charge in [-0.15, -0.1) is 12.4 Å². The molecule has 4 nitrogen and oxygen atoms in total. The third kappa shape index (κ3) is 3.95. The van der Waals surface area contributed by atoms with E-state index in [1.165, 1.54) is 11.1 Å². The lowest BCUT2D eigenvalue weighted by molar-refractivity contribution is -0.134. The van der Waals surface area contributed by atoms with E-state index in [9.17, 15) is 4.79 Å². The molecular formula is C15H23ClN2O2. The number of carbonyl (C=O) groups excluding carboxylic acids is 1. The molecule has 1 aromatic rings. The Bertz CT molecular complexity index is 459. The predicted octanol–water partition coefficient (Wildman–Crippen LogP) is 1.89. The second-order valence-electron chi connectivity index (χ2n) is 5.08. The zero-order valence-electron chi connectivity index (χ0n) is 12.2. The van der Waals surface area contributed by atoms with E-state index in [2.05, 4.69) is 36.6 Å². The van der Waals surface area contributed by atoms with E-state index < -0.39 is 0 Å². The first-order chi connectivity index (χ1) is 9.09. The van der Waals surface area contributed by atoms with Gasteiger partial charge in [0, 0.05) is 13.1 Å². The van der Waals surface area contributed by atoms with E-state index in [1.54, 1.807) is 0 Å². The second kappa shape index (κ2) is 7.62. The zero-order valence-corrected chi connectivity index (χ0v) is 13.0. The van der Waals surface area contributed by atoms with E-state index in [0.29, 0.717) is 13.2 Å². The van der Waals surface area contributed by atoms with Gasteiger partial charge >= 0.3 is 0 Å². The Kier molecular flexibility index (Phi) is 6.46. The highest BCUT2D eigenvalue weighted by Crippen LogP contribution is 2.20. The van der Waals surface area contributed by atoms with Gasteiger partial charge in [0.2, 0.25) is 0 Å². The minimum absolute atomic E-state index is 0. The molecule has 1 aliphatic heterocycles. The fourth-order valence-corrected chi connectivity index (χ4v) is 2.36. The molecule has 5 heteroatoms. The van der Waals surface area contributed by atoms with Crippen LogP contribution in [0.25, 0.3) is 0 Å². The molecule has 0 bridgehead atoms. The van der Waals surface area contributed by atoms with Crippen molar-refractivity contribution < 1.29 is 9.53 Å². The number of rotatable bonds is 3. The fraction of sp³-hybridized carbons (Fsp3) is 0.533. The van der Waals surface area contributed by atoms with Gasteiger partial charge in [-0.2, -0.15) is 0 Å². The molecule has 0 aromatic heterocycles. The average molecular weight is 299 g/mol. The zero-order chi connectivity index (χ0) is 13.8. The van der Waals surface area contributed by atoms with Crippen molar-refractivity contribution in [1.29, 1.82) is 0 Å². The van der Waals surface area contributed by atoms with Crippen LogP contribution in [0.5, 0.6) is 0 Å². The summed E-state index contributed by atoms with van der Waals surface area (Å²) < 4.78 is 5.46. The van der Waals surface area contributed by atoms with Crippen LogP contribution >= 0.6 is 12.4 Å². The van der Waals surface area contributed by atoms with Crippen molar-refractivity contribution in [3.63, 3.8) is 0 Å². The van der Waals surface area contributed by atoms with Crippen molar-refractivity contribution in [2.24, 2.45) is 0 Å². The van der Waals surface area contributed by atoms with Crippen molar-refractivity contribution in [3.8, 4) is 0 Å². The van der Waals surface area contributed by atoms with Gasteiger partial charge in [0.05, 0.1) is 12.6 Å². The Morgan fingerprint density at radius 3 is 2.85 bits per heavy atom. The van der Waals surface area contributed by atoms with Gasteiger partial charge in [-0.1, -0.05) is 18.2 Å². The molecular weight excluding hydrogens is 276 g/mol. The third-order valence-corrected chi connectivity index (χ3v) is 3.69. The second-order valence-corrected chi connectivity index (χ2v) is 5.08. The normalized spacial score (nSPS) is 19.9. The molecule has 2 atom stereocenters. The number of hydrogen-bond acceptors (Lipinski definition) is 3. The summed E-state index contributed by atoms with van der Waals surface area (Å²) in [6, 6.07) is 6.17. The van der Waals surface area contributed by atoms with Crippen LogP contribution in [0, 0.1) is 13.8 Å². The van der Waals surface area contributed by atoms with Crippen LogP contribution < -0.4 is 10.6 Å². The smallest absolute Gasteiger partial charge is 0.250 e. The summed E-state index contributed by atoms with van der Waals surface area (Å²) in [6.07, 6.45) is -0.374. The molecule has 1 aliphatic rings. The minimum atomic E-state index is -0.374. The van der Waals surface area contributed by atoms with Gasteiger partial charge in [0.15, 0.2) is 0 Å². The summed E-state index contributed by atoms with van der Waals surface area (Å²) >= 11 is 0. The van der Waals surface area contributed by atoms with Crippen LogP contribution in [0.4, 0.5) is 0 Å². The Hall–Kier alpha value is -1.10. The quantitative estimate of drug-likeness (QED) is 0.896. The topological polar surface area (TPSA) is 50.4 Å². The molecule has 112 valence electrons. The third-order valence-electron chi connectivity index (χ3n) is 3.69. The Morgan fingerprint density at radius 1 is 1.45 bits per heavy atom. The highest BCUT2D eigenvalue weighted by molar-refractivity contribution is 5.85. The summed E-state index contributed by atoms with van der Waals surface area (Å²) in [6.45, 7) is 8.18. The lowest BCUT2D eigenvalue weighted by atomic mass is 9.98. The first kappa shape index (κ1) is 17.0. The number of halogens is 1. The number of morpholine rings is 1. The van der Waals surface area contributed by atoms with Crippen molar-refractivity contribution in [3.05, 3.63) is 34.9 Å². The van der Waals surface area contributed by atoms with E-state index >= 15 is 0 Å². The van der Waals surface area contributed by atoms with Gasteiger partial charge in [-0.3, -0.25) is 4.79 Å². The molecule has 2 rings (SSSR count). The standard InChI is InChI=1S/C15H22N2O2.ClH/c1-10-5-4-6-13(11(10)2)12(3)17-15(18)14-9-16-7-8-19-14;/h4-6,12,14,16H,7-9H2,1-3H3,(H,17,18);1H. The van der Waals surface area contributed by atoms with Crippen LogP contribution in [0.15, 0.2) is 18.2 Å². The largest absolute Gasteiger partial charge is 0.366 e. The van der Waals surface area contributed by atoms with Crippen molar-refractivity contribution in [2.75, 3.05) is 19.7 Å². The summed E-state index contributed by atoms with van der Waals surface area (Å²) in [4.78, 5) is 12.1. The molecule has 0 saturated carbocycles. The summed E-state index contributed by atoms with van der Waals surface area (Å²) in [5, 5.41) is 6.19. The Balaban J connectivity index is 0.00000200. The summed E-state index contributed by atoms with van der Waals surface area (Å²) in [5.74, 6) is -0.0411. The van der Waals surface area contributed by atoms with Crippen molar-refractivity contribution in [2.45, 2.75) is 32.9 Å². The first-order valence-electron chi connectivity index (χ1n) is 6.78. The summed E-state index contributed by atoms with van der Waals surface area (Å²) in [7, 11) is 0. The first-order valence-corrected chi connectivity index (χ1v) is 6.78. The molecule has 1 amide bonds. The molecule has 0 aliphatic carbocycles.